The molecule has 1 heterocycles. The molecule has 0 radical (unpaired) electrons. The molecule has 1 amide bonds. The summed E-state index contributed by atoms with van der Waals surface area (Å²) in [6.07, 6.45) is 2.10. The topological polar surface area (TPSA) is 104 Å². The van der Waals surface area contributed by atoms with Crippen LogP contribution < -0.4 is 5.32 Å². The SMILES string of the molecule is CCOC(=O)c1c(C)[nH]c(/C=C(\C#N)C(=O)NCCCOC)c1C. The maximum absolute atomic E-state index is 12.0. The minimum absolute atomic E-state index is 0.0350. The first-order chi connectivity index (χ1) is 11.5. The summed E-state index contributed by atoms with van der Waals surface area (Å²) in [5.41, 5.74) is 2.22. The third-order valence-corrected chi connectivity index (χ3v) is 3.42. The van der Waals surface area contributed by atoms with E-state index in [0.29, 0.717) is 42.1 Å². The fourth-order valence-electron chi connectivity index (χ4n) is 2.23. The van der Waals surface area contributed by atoms with Crippen LogP contribution in [0.4, 0.5) is 0 Å². The second-order valence-electron chi connectivity index (χ2n) is 5.16. The summed E-state index contributed by atoms with van der Waals surface area (Å²) in [7, 11) is 1.58. The first-order valence-electron chi connectivity index (χ1n) is 7.71. The highest BCUT2D eigenvalue weighted by Crippen LogP contribution is 2.21. The van der Waals surface area contributed by atoms with Gasteiger partial charge in [-0.25, -0.2) is 4.79 Å². The van der Waals surface area contributed by atoms with E-state index >= 15 is 0 Å². The molecule has 130 valence electrons. The molecular weight excluding hydrogens is 310 g/mol. The van der Waals surface area contributed by atoms with Crippen LogP contribution in [0.3, 0.4) is 0 Å². The molecule has 2 N–H and O–H groups in total. The standard InChI is InChI=1S/C17H23N3O4/c1-5-24-17(22)15-11(2)14(20-12(15)3)9-13(10-18)16(21)19-7-6-8-23-4/h9,20H,5-8H2,1-4H3,(H,19,21)/b13-9+. The number of H-pyrrole nitrogens is 1. The van der Waals surface area contributed by atoms with Gasteiger partial charge in [0, 0.05) is 31.6 Å². The molecule has 0 saturated carbocycles. The molecule has 0 atom stereocenters. The van der Waals surface area contributed by atoms with E-state index in [4.69, 9.17) is 9.47 Å². The molecule has 1 aromatic rings. The lowest BCUT2D eigenvalue weighted by atomic mass is 10.1. The summed E-state index contributed by atoms with van der Waals surface area (Å²) in [5.74, 6) is -0.885. The average molecular weight is 333 g/mol. The maximum Gasteiger partial charge on any atom is 0.340 e. The number of amides is 1. The minimum Gasteiger partial charge on any atom is -0.462 e. The predicted octanol–water partition coefficient (Wildman–Crippen LogP) is 1.87. The van der Waals surface area contributed by atoms with Gasteiger partial charge in [-0.3, -0.25) is 4.79 Å². The molecular formula is C17H23N3O4. The van der Waals surface area contributed by atoms with Gasteiger partial charge >= 0.3 is 5.97 Å². The number of carbonyl (C=O) groups is 2. The number of nitrogens with zero attached hydrogens (tertiary/aromatic N) is 1. The van der Waals surface area contributed by atoms with E-state index in [9.17, 15) is 14.9 Å². The Balaban J connectivity index is 2.97. The van der Waals surface area contributed by atoms with Gasteiger partial charge in [0.1, 0.15) is 11.6 Å². The van der Waals surface area contributed by atoms with Crippen molar-refractivity contribution < 1.29 is 19.1 Å². The maximum atomic E-state index is 12.0. The number of aromatic nitrogens is 1. The Labute approximate surface area is 141 Å². The first-order valence-corrected chi connectivity index (χ1v) is 7.71. The van der Waals surface area contributed by atoms with Crippen LogP contribution in [0.15, 0.2) is 5.57 Å². The zero-order valence-electron chi connectivity index (χ0n) is 14.5. The van der Waals surface area contributed by atoms with Gasteiger partial charge in [-0.1, -0.05) is 0 Å². The number of esters is 1. The van der Waals surface area contributed by atoms with E-state index in [1.165, 1.54) is 6.08 Å². The lowest BCUT2D eigenvalue weighted by Gasteiger charge is -2.04. The first kappa shape index (κ1) is 19.5. The lowest BCUT2D eigenvalue weighted by Crippen LogP contribution is -2.26. The third kappa shape index (κ3) is 4.96. The van der Waals surface area contributed by atoms with Gasteiger partial charge in [-0.15, -0.1) is 0 Å². The van der Waals surface area contributed by atoms with Gasteiger partial charge in [0.05, 0.1) is 12.2 Å². The molecule has 0 aliphatic heterocycles. The number of aryl methyl sites for hydroxylation is 1. The highest BCUT2D eigenvalue weighted by Gasteiger charge is 2.19. The number of ether oxygens (including phenoxy) is 2. The zero-order valence-corrected chi connectivity index (χ0v) is 14.5. The van der Waals surface area contributed by atoms with E-state index < -0.39 is 11.9 Å². The van der Waals surface area contributed by atoms with Crippen LogP contribution in [0.1, 0.15) is 40.7 Å². The van der Waals surface area contributed by atoms with Crippen LogP contribution in [0.25, 0.3) is 6.08 Å². The normalized spacial score (nSPS) is 11.0. The van der Waals surface area contributed by atoms with Gasteiger partial charge in [-0.2, -0.15) is 5.26 Å². The van der Waals surface area contributed by atoms with E-state index in [0.717, 1.165) is 0 Å². The molecule has 0 bridgehead atoms. The number of carbonyl (C=O) groups excluding carboxylic acids is 2. The van der Waals surface area contributed by atoms with Gasteiger partial charge < -0.3 is 19.8 Å². The summed E-state index contributed by atoms with van der Waals surface area (Å²) in [6.45, 7) is 6.45. The van der Waals surface area contributed by atoms with Crippen molar-refractivity contribution in [3.8, 4) is 6.07 Å². The van der Waals surface area contributed by atoms with E-state index in [1.54, 1.807) is 27.9 Å². The van der Waals surface area contributed by atoms with E-state index in [1.807, 2.05) is 6.07 Å². The van der Waals surface area contributed by atoms with Crippen molar-refractivity contribution >= 4 is 18.0 Å². The molecule has 0 unspecified atom stereocenters. The van der Waals surface area contributed by atoms with Crippen molar-refractivity contribution in [1.82, 2.24) is 10.3 Å². The molecule has 7 nitrogen and oxygen atoms in total. The van der Waals surface area contributed by atoms with Gasteiger partial charge in [-0.05, 0) is 38.8 Å². The van der Waals surface area contributed by atoms with Gasteiger partial charge in [0.25, 0.3) is 5.91 Å². The quantitative estimate of drug-likeness (QED) is 0.327. The van der Waals surface area contributed by atoms with E-state index in [-0.39, 0.29) is 12.2 Å². The van der Waals surface area contributed by atoms with Crippen LogP contribution in [0.2, 0.25) is 0 Å². The number of nitriles is 1. The molecule has 1 aromatic heterocycles. The summed E-state index contributed by atoms with van der Waals surface area (Å²) >= 11 is 0. The van der Waals surface area contributed by atoms with E-state index in [2.05, 4.69) is 10.3 Å². The average Bonchev–Trinajstić information content (AvgIpc) is 2.83. The Morgan fingerprint density at radius 2 is 2.08 bits per heavy atom. The van der Waals surface area contributed by atoms with Crippen molar-refractivity contribution in [1.29, 1.82) is 5.26 Å². The number of rotatable bonds is 8. The monoisotopic (exact) mass is 333 g/mol. The largest absolute Gasteiger partial charge is 0.462 e. The van der Waals surface area contributed by atoms with Crippen LogP contribution in [-0.2, 0) is 14.3 Å². The van der Waals surface area contributed by atoms with Crippen molar-refractivity contribution in [3.63, 3.8) is 0 Å². The van der Waals surface area contributed by atoms with Crippen LogP contribution >= 0.6 is 0 Å². The number of aromatic amines is 1. The second-order valence-corrected chi connectivity index (χ2v) is 5.16. The number of hydrogen-bond acceptors (Lipinski definition) is 5. The Morgan fingerprint density at radius 3 is 2.67 bits per heavy atom. The Morgan fingerprint density at radius 1 is 1.38 bits per heavy atom. The van der Waals surface area contributed by atoms with Crippen molar-refractivity contribution in [2.24, 2.45) is 0 Å². The number of hydrogen-bond donors (Lipinski definition) is 2. The molecule has 0 saturated heterocycles. The number of methoxy groups -OCH3 is 1. The molecule has 0 aliphatic carbocycles. The van der Waals surface area contributed by atoms with Gasteiger partial charge in [0.15, 0.2) is 0 Å². The van der Waals surface area contributed by atoms with Crippen LogP contribution in [-0.4, -0.2) is 43.7 Å². The lowest BCUT2D eigenvalue weighted by molar-refractivity contribution is -0.117. The summed E-state index contributed by atoms with van der Waals surface area (Å²) in [4.78, 5) is 27.0. The zero-order chi connectivity index (χ0) is 18.1. The molecule has 7 heteroatoms. The fourth-order valence-corrected chi connectivity index (χ4v) is 2.23. The van der Waals surface area contributed by atoms with Crippen LogP contribution in [0.5, 0.6) is 0 Å². The van der Waals surface area contributed by atoms with Gasteiger partial charge in [0.2, 0.25) is 0 Å². The highest BCUT2D eigenvalue weighted by atomic mass is 16.5. The number of nitrogens with one attached hydrogen (secondary N) is 2. The summed E-state index contributed by atoms with van der Waals surface area (Å²) in [5, 5.41) is 11.9. The Kier molecular flexibility index (Phi) is 7.72. The predicted molar refractivity (Wildman–Crippen MR) is 89.3 cm³/mol. The Hall–Kier alpha value is -2.59. The second kappa shape index (κ2) is 9.53. The highest BCUT2D eigenvalue weighted by molar-refractivity contribution is 6.02. The fraction of sp³-hybridized carbons (Fsp3) is 0.471. The minimum atomic E-state index is -0.460. The molecule has 0 aliphatic rings. The Bertz CT molecular complexity index is 668. The summed E-state index contributed by atoms with van der Waals surface area (Å²) < 4.78 is 9.92. The molecule has 0 spiro atoms. The van der Waals surface area contributed by atoms with Crippen molar-refractivity contribution in [3.05, 3.63) is 28.1 Å². The summed E-state index contributed by atoms with van der Waals surface area (Å²) in [6, 6.07) is 1.88. The molecule has 1 rings (SSSR count). The third-order valence-electron chi connectivity index (χ3n) is 3.42. The van der Waals surface area contributed by atoms with Crippen LogP contribution in [0, 0.1) is 25.2 Å². The smallest absolute Gasteiger partial charge is 0.340 e. The van der Waals surface area contributed by atoms with Crippen molar-refractivity contribution in [2.75, 3.05) is 26.9 Å². The molecule has 0 aromatic carbocycles. The van der Waals surface area contributed by atoms with Crippen molar-refractivity contribution in [2.45, 2.75) is 27.2 Å². The molecule has 24 heavy (non-hydrogen) atoms. The molecule has 0 fully saturated rings.